The lowest BCUT2D eigenvalue weighted by molar-refractivity contribution is 0.0697. The molecule has 0 aliphatic carbocycles. The minimum absolute atomic E-state index is 0.0518. The van der Waals surface area contributed by atoms with Crippen molar-refractivity contribution < 1.29 is 14.3 Å². The van der Waals surface area contributed by atoms with E-state index in [4.69, 9.17) is 5.11 Å². The molecular formula is C14H16FN3O2. The number of carboxylic acid groups (broad SMARTS) is 1. The zero-order valence-corrected chi connectivity index (χ0v) is 11.1. The Bertz CT molecular complexity index is 610. The molecule has 2 rings (SSSR count). The number of aryl methyl sites for hydroxylation is 1. The van der Waals surface area contributed by atoms with E-state index in [1.54, 1.807) is 12.5 Å². The fourth-order valence-corrected chi connectivity index (χ4v) is 1.92. The van der Waals surface area contributed by atoms with Gasteiger partial charge in [0.1, 0.15) is 5.82 Å². The summed E-state index contributed by atoms with van der Waals surface area (Å²) in [5.41, 5.74) is 1.15. The van der Waals surface area contributed by atoms with Gasteiger partial charge in [-0.1, -0.05) is 6.92 Å². The van der Waals surface area contributed by atoms with E-state index in [9.17, 15) is 9.18 Å². The van der Waals surface area contributed by atoms with Gasteiger partial charge in [-0.25, -0.2) is 14.2 Å². The van der Waals surface area contributed by atoms with Crippen LogP contribution in [0.3, 0.4) is 0 Å². The maximum atomic E-state index is 13.6. The number of imidazole rings is 1. The normalized spacial score (nSPS) is 10.5. The fraction of sp³-hybridized carbons (Fsp3) is 0.286. The van der Waals surface area contributed by atoms with Crippen LogP contribution in [0, 0.1) is 5.82 Å². The van der Waals surface area contributed by atoms with E-state index in [1.807, 2.05) is 4.57 Å². The van der Waals surface area contributed by atoms with E-state index in [2.05, 4.69) is 17.2 Å². The summed E-state index contributed by atoms with van der Waals surface area (Å²) in [6.07, 6.45) is 4.42. The lowest BCUT2D eigenvalue weighted by atomic mass is 10.2. The zero-order chi connectivity index (χ0) is 14.5. The summed E-state index contributed by atoms with van der Waals surface area (Å²) in [5, 5.41) is 11.8. The molecule has 0 spiro atoms. The van der Waals surface area contributed by atoms with Crippen LogP contribution in [0.5, 0.6) is 0 Å². The summed E-state index contributed by atoms with van der Waals surface area (Å²) in [4.78, 5) is 14.9. The van der Waals surface area contributed by atoms with Crippen LogP contribution in [0.1, 0.15) is 29.4 Å². The van der Waals surface area contributed by atoms with E-state index in [0.29, 0.717) is 6.54 Å². The summed E-state index contributed by atoms with van der Waals surface area (Å²) >= 11 is 0. The Morgan fingerprint density at radius 3 is 3.00 bits per heavy atom. The minimum Gasteiger partial charge on any atom is -0.478 e. The van der Waals surface area contributed by atoms with Crippen molar-refractivity contribution in [3.05, 3.63) is 47.8 Å². The number of aromatic nitrogens is 2. The molecule has 0 radical (unpaired) electrons. The zero-order valence-electron chi connectivity index (χ0n) is 11.1. The molecule has 106 valence electrons. The third-order valence-corrected chi connectivity index (χ3v) is 2.94. The molecule has 20 heavy (non-hydrogen) atoms. The van der Waals surface area contributed by atoms with Crippen LogP contribution in [0.4, 0.5) is 10.1 Å². The van der Waals surface area contributed by atoms with E-state index in [-0.39, 0.29) is 11.3 Å². The lowest BCUT2D eigenvalue weighted by Gasteiger charge is -2.10. The number of aromatic carboxylic acids is 1. The molecule has 1 aromatic heterocycles. The van der Waals surface area contributed by atoms with E-state index in [0.717, 1.165) is 24.7 Å². The van der Waals surface area contributed by atoms with Crippen molar-refractivity contribution >= 4 is 11.7 Å². The quantitative estimate of drug-likeness (QED) is 0.852. The Hall–Kier alpha value is -2.37. The molecule has 2 aromatic rings. The minimum atomic E-state index is -1.08. The number of carboxylic acids is 1. The molecule has 0 saturated carbocycles. The average Bonchev–Trinajstić information content (AvgIpc) is 2.85. The van der Waals surface area contributed by atoms with Crippen LogP contribution >= 0.6 is 0 Å². The highest BCUT2D eigenvalue weighted by Gasteiger charge is 2.09. The van der Waals surface area contributed by atoms with Crippen molar-refractivity contribution in [1.29, 1.82) is 0 Å². The molecule has 0 amide bonds. The number of benzene rings is 1. The molecule has 0 aliphatic heterocycles. The van der Waals surface area contributed by atoms with E-state index < -0.39 is 11.8 Å². The third-order valence-electron chi connectivity index (χ3n) is 2.94. The standard InChI is InChI=1S/C14H16FN3O2/c1-2-5-18-9-16-7-11(18)8-17-13-6-10(14(19)20)3-4-12(13)15/h3-4,6-7,9,17H,2,5,8H2,1H3,(H,19,20). The van der Waals surface area contributed by atoms with Crippen molar-refractivity contribution in [2.45, 2.75) is 26.4 Å². The number of carbonyl (C=O) groups is 1. The van der Waals surface area contributed by atoms with Crippen LogP contribution in [0.2, 0.25) is 0 Å². The topological polar surface area (TPSA) is 67.2 Å². The van der Waals surface area contributed by atoms with Gasteiger partial charge in [-0.15, -0.1) is 0 Å². The van der Waals surface area contributed by atoms with Gasteiger partial charge in [-0.2, -0.15) is 0 Å². The predicted octanol–water partition coefficient (Wildman–Crippen LogP) is 2.74. The van der Waals surface area contributed by atoms with Gasteiger partial charge in [0.2, 0.25) is 0 Å². The summed E-state index contributed by atoms with van der Waals surface area (Å²) < 4.78 is 15.6. The van der Waals surface area contributed by atoms with Crippen molar-refractivity contribution in [1.82, 2.24) is 9.55 Å². The highest BCUT2D eigenvalue weighted by Crippen LogP contribution is 2.17. The van der Waals surface area contributed by atoms with Crippen LogP contribution in [-0.2, 0) is 13.1 Å². The van der Waals surface area contributed by atoms with Gasteiger partial charge in [0.05, 0.1) is 29.8 Å². The van der Waals surface area contributed by atoms with Crippen molar-refractivity contribution in [3.63, 3.8) is 0 Å². The monoisotopic (exact) mass is 277 g/mol. The smallest absolute Gasteiger partial charge is 0.335 e. The summed E-state index contributed by atoms with van der Waals surface area (Å²) in [7, 11) is 0. The second-order valence-electron chi connectivity index (χ2n) is 4.43. The number of halogens is 1. The molecule has 0 unspecified atom stereocenters. The molecule has 0 aliphatic rings. The van der Waals surface area contributed by atoms with Gasteiger partial charge in [0, 0.05) is 12.7 Å². The molecule has 2 N–H and O–H groups in total. The highest BCUT2D eigenvalue weighted by atomic mass is 19.1. The maximum Gasteiger partial charge on any atom is 0.335 e. The second-order valence-corrected chi connectivity index (χ2v) is 4.43. The predicted molar refractivity (Wildman–Crippen MR) is 73.2 cm³/mol. The molecule has 0 atom stereocenters. The van der Waals surface area contributed by atoms with Crippen LogP contribution < -0.4 is 5.32 Å². The van der Waals surface area contributed by atoms with Gasteiger partial charge in [-0.3, -0.25) is 0 Å². The Balaban J connectivity index is 2.12. The fourth-order valence-electron chi connectivity index (χ4n) is 1.92. The Labute approximate surface area is 116 Å². The molecule has 5 nitrogen and oxygen atoms in total. The molecule has 0 fully saturated rings. The molecule has 1 aromatic carbocycles. The number of nitrogens with zero attached hydrogens (tertiary/aromatic N) is 2. The number of anilines is 1. The van der Waals surface area contributed by atoms with Gasteiger partial charge in [0.25, 0.3) is 0 Å². The highest BCUT2D eigenvalue weighted by molar-refractivity contribution is 5.88. The molecule has 0 saturated heterocycles. The van der Waals surface area contributed by atoms with Crippen molar-refractivity contribution in [3.8, 4) is 0 Å². The first kappa shape index (κ1) is 14.0. The summed E-state index contributed by atoms with van der Waals surface area (Å²) in [6.45, 7) is 3.29. The van der Waals surface area contributed by atoms with Gasteiger partial charge < -0.3 is 15.0 Å². The average molecular weight is 277 g/mol. The molecule has 0 bridgehead atoms. The molecule has 1 heterocycles. The maximum absolute atomic E-state index is 13.6. The summed E-state index contributed by atoms with van der Waals surface area (Å²) in [6, 6.07) is 3.68. The number of rotatable bonds is 6. The van der Waals surface area contributed by atoms with E-state index in [1.165, 1.54) is 12.1 Å². The van der Waals surface area contributed by atoms with Crippen LogP contribution in [0.15, 0.2) is 30.7 Å². The van der Waals surface area contributed by atoms with E-state index >= 15 is 0 Å². The van der Waals surface area contributed by atoms with Crippen molar-refractivity contribution in [2.75, 3.05) is 5.32 Å². The lowest BCUT2D eigenvalue weighted by Crippen LogP contribution is -2.08. The Kier molecular flexibility index (Phi) is 4.34. The second kappa shape index (κ2) is 6.18. The van der Waals surface area contributed by atoms with Crippen LogP contribution in [0.25, 0.3) is 0 Å². The SMILES string of the molecule is CCCn1cncc1CNc1cc(C(=O)O)ccc1F. The first-order chi connectivity index (χ1) is 9.61. The first-order valence-electron chi connectivity index (χ1n) is 6.37. The summed E-state index contributed by atoms with van der Waals surface area (Å²) in [5.74, 6) is -1.55. The third kappa shape index (κ3) is 3.14. The molecular weight excluding hydrogens is 261 g/mol. The number of hydrogen-bond donors (Lipinski definition) is 2. The Morgan fingerprint density at radius 2 is 2.30 bits per heavy atom. The number of nitrogens with one attached hydrogen (secondary N) is 1. The van der Waals surface area contributed by atoms with Gasteiger partial charge >= 0.3 is 5.97 Å². The first-order valence-corrected chi connectivity index (χ1v) is 6.37. The van der Waals surface area contributed by atoms with Gasteiger partial charge in [0.15, 0.2) is 0 Å². The van der Waals surface area contributed by atoms with Gasteiger partial charge in [-0.05, 0) is 24.6 Å². The Morgan fingerprint density at radius 1 is 1.50 bits per heavy atom. The van der Waals surface area contributed by atoms with Crippen molar-refractivity contribution in [2.24, 2.45) is 0 Å². The molecule has 6 heteroatoms. The number of hydrogen-bond acceptors (Lipinski definition) is 3. The van der Waals surface area contributed by atoms with Crippen LogP contribution in [-0.4, -0.2) is 20.6 Å². The largest absolute Gasteiger partial charge is 0.478 e.